The summed E-state index contributed by atoms with van der Waals surface area (Å²) in [4.78, 5) is 36.6. The van der Waals surface area contributed by atoms with Gasteiger partial charge in [-0.1, -0.05) is 0 Å². The number of hydrogen-bond donors (Lipinski definition) is 2. The number of nitrogens with zero attached hydrogens (tertiary/aromatic N) is 2. The summed E-state index contributed by atoms with van der Waals surface area (Å²) >= 11 is 0. The third-order valence-corrected chi connectivity index (χ3v) is 2.67. The van der Waals surface area contributed by atoms with Gasteiger partial charge in [0.1, 0.15) is 12.4 Å². The largest absolute Gasteiger partial charge is 0.478 e. The van der Waals surface area contributed by atoms with Gasteiger partial charge in [0.05, 0.1) is 5.56 Å². The van der Waals surface area contributed by atoms with Gasteiger partial charge >= 0.3 is 12.0 Å². The first-order valence-corrected chi connectivity index (χ1v) is 5.97. The number of carboxylic acids is 1. The molecule has 7 nitrogen and oxygen atoms in total. The van der Waals surface area contributed by atoms with E-state index in [1.54, 1.807) is 14.1 Å². The quantitative estimate of drug-likeness (QED) is 0.870. The number of rotatable bonds is 4. The predicted octanol–water partition coefficient (Wildman–Crippen LogP) is 1.08. The molecule has 0 aliphatic heterocycles. The first-order chi connectivity index (χ1) is 9.72. The second-order valence-corrected chi connectivity index (χ2v) is 4.57. The van der Waals surface area contributed by atoms with E-state index < -0.39 is 23.4 Å². The van der Waals surface area contributed by atoms with E-state index in [-0.39, 0.29) is 18.1 Å². The number of amides is 3. The summed E-state index contributed by atoms with van der Waals surface area (Å²) in [5.74, 6) is -2.59. The van der Waals surface area contributed by atoms with E-state index in [1.807, 2.05) is 0 Å². The number of hydrogen-bond acceptors (Lipinski definition) is 3. The summed E-state index contributed by atoms with van der Waals surface area (Å²) in [6, 6.07) is 2.59. The Balaban J connectivity index is 2.77. The van der Waals surface area contributed by atoms with Crippen LogP contribution in [0.1, 0.15) is 10.4 Å². The van der Waals surface area contributed by atoms with Gasteiger partial charge in [0.2, 0.25) is 5.91 Å². The maximum atomic E-state index is 13.2. The molecule has 2 N–H and O–H groups in total. The number of urea groups is 1. The van der Waals surface area contributed by atoms with Crippen molar-refractivity contribution >= 4 is 23.6 Å². The van der Waals surface area contributed by atoms with Gasteiger partial charge in [-0.25, -0.2) is 14.0 Å². The van der Waals surface area contributed by atoms with Crippen LogP contribution in [0.5, 0.6) is 0 Å². The minimum absolute atomic E-state index is 0.128. The number of halogens is 1. The number of carboxylic acid groups (broad SMARTS) is 1. The summed E-state index contributed by atoms with van der Waals surface area (Å²) in [5, 5.41) is 11.2. The van der Waals surface area contributed by atoms with E-state index >= 15 is 0 Å². The molecule has 1 rings (SSSR count). The Morgan fingerprint density at radius 3 is 2.38 bits per heavy atom. The lowest BCUT2D eigenvalue weighted by Gasteiger charge is -2.19. The number of aromatic carboxylic acids is 1. The minimum atomic E-state index is -1.43. The number of likely N-dealkylation sites (N-methyl/N-ethyl adjacent to an activating group) is 2. The Morgan fingerprint density at radius 2 is 1.86 bits per heavy atom. The monoisotopic (exact) mass is 297 g/mol. The zero-order chi connectivity index (χ0) is 16.2. The lowest BCUT2D eigenvalue weighted by molar-refractivity contribution is -0.129. The van der Waals surface area contributed by atoms with Crippen LogP contribution in [-0.2, 0) is 4.79 Å². The smallest absolute Gasteiger partial charge is 0.338 e. The van der Waals surface area contributed by atoms with Crippen molar-refractivity contribution in [3.05, 3.63) is 29.6 Å². The Labute approximate surface area is 120 Å². The fraction of sp³-hybridized carbons (Fsp3) is 0.308. The van der Waals surface area contributed by atoms with E-state index in [9.17, 15) is 18.8 Å². The summed E-state index contributed by atoms with van der Waals surface area (Å²) < 4.78 is 13.2. The minimum Gasteiger partial charge on any atom is -0.478 e. The number of anilines is 1. The third kappa shape index (κ3) is 4.44. The fourth-order valence-electron chi connectivity index (χ4n) is 1.40. The van der Waals surface area contributed by atoms with E-state index in [1.165, 1.54) is 18.0 Å². The molecule has 0 atom stereocenters. The molecule has 21 heavy (non-hydrogen) atoms. The Morgan fingerprint density at radius 1 is 1.24 bits per heavy atom. The van der Waals surface area contributed by atoms with Crippen LogP contribution in [0.3, 0.4) is 0 Å². The SMILES string of the molecule is CN(C)C(=O)CN(C)C(=O)Nc1ccc(F)c(C(=O)O)c1. The highest BCUT2D eigenvalue weighted by Gasteiger charge is 2.16. The van der Waals surface area contributed by atoms with Gasteiger partial charge < -0.3 is 20.2 Å². The molecular weight excluding hydrogens is 281 g/mol. The van der Waals surface area contributed by atoms with Gasteiger partial charge in [0.15, 0.2) is 0 Å². The van der Waals surface area contributed by atoms with Crippen molar-refractivity contribution in [2.75, 3.05) is 33.0 Å². The second-order valence-electron chi connectivity index (χ2n) is 4.57. The molecule has 3 amide bonds. The molecule has 0 bridgehead atoms. The highest BCUT2D eigenvalue weighted by atomic mass is 19.1. The van der Waals surface area contributed by atoms with Crippen molar-refractivity contribution < 1.29 is 23.9 Å². The van der Waals surface area contributed by atoms with E-state index in [0.29, 0.717) is 0 Å². The molecular formula is C13H16FN3O4. The van der Waals surface area contributed by atoms with Gasteiger partial charge in [-0.3, -0.25) is 4.79 Å². The van der Waals surface area contributed by atoms with Crippen LogP contribution >= 0.6 is 0 Å². The van der Waals surface area contributed by atoms with Crippen molar-refractivity contribution in [2.24, 2.45) is 0 Å². The van der Waals surface area contributed by atoms with E-state index in [0.717, 1.165) is 17.0 Å². The van der Waals surface area contributed by atoms with Gasteiger partial charge in [0.25, 0.3) is 0 Å². The zero-order valence-corrected chi connectivity index (χ0v) is 11.9. The standard InChI is InChI=1S/C13H16FN3O4/c1-16(2)11(18)7-17(3)13(21)15-8-4-5-10(14)9(6-8)12(19)20/h4-6H,7H2,1-3H3,(H,15,21)(H,19,20). The molecule has 0 fully saturated rings. The van der Waals surface area contributed by atoms with Crippen LogP contribution in [0.2, 0.25) is 0 Å². The molecule has 0 heterocycles. The molecule has 0 radical (unpaired) electrons. The molecule has 0 aliphatic carbocycles. The van der Waals surface area contributed by atoms with Crippen LogP contribution in [-0.4, -0.2) is 60.5 Å². The lowest BCUT2D eigenvalue weighted by Crippen LogP contribution is -2.39. The summed E-state index contributed by atoms with van der Waals surface area (Å²) in [6.45, 7) is -0.133. The van der Waals surface area contributed by atoms with E-state index in [4.69, 9.17) is 5.11 Å². The molecule has 0 unspecified atom stereocenters. The normalized spacial score (nSPS) is 9.90. The van der Waals surface area contributed by atoms with Gasteiger partial charge in [-0.05, 0) is 18.2 Å². The molecule has 0 saturated carbocycles. The van der Waals surface area contributed by atoms with Crippen molar-refractivity contribution in [1.82, 2.24) is 9.80 Å². The first-order valence-electron chi connectivity index (χ1n) is 5.97. The van der Waals surface area contributed by atoms with Crippen LogP contribution in [0.4, 0.5) is 14.9 Å². The number of nitrogens with one attached hydrogen (secondary N) is 1. The predicted molar refractivity (Wildman–Crippen MR) is 73.7 cm³/mol. The summed E-state index contributed by atoms with van der Waals surface area (Å²) in [6.07, 6.45) is 0. The fourth-order valence-corrected chi connectivity index (χ4v) is 1.40. The maximum absolute atomic E-state index is 13.2. The second kappa shape index (κ2) is 6.69. The van der Waals surface area contributed by atoms with Gasteiger partial charge in [-0.15, -0.1) is 0 Å². The van der Waals surface area contributed by atoms with Crippen LogP contribution < -0.4 is 5.32 Å². The van der Waals surface area contributed by atoms with Crippen LogP contribution in [0, 0.1) is 5.82 Å². The number of carbonyl (C=O) groups excluding carboxylic acids is 2. The molecule has 0 aliphatic rings. The average Bonchev–Trinajstić information content (AvgIpc) is 2.40. The van der Waals surface area contributed by atoms with Gasteiger partial charge in [-0.2, -0.15) is 0 Å². The van der Waals surface area contributed by atoms with Crippen molar-refractivity contribution in [3.8, 4) is 0 Å². The average molecular weight is 297 g/mol. The summed E-state index contributed by atoms with van der Waals surface area (Å²) in [7, 11) is 4.54. The molecule has 0 saturated heterocycles. The topological polar surface area (TPSA) is 90.0 Å². The summed E-state index contributed by atoms with van der Waals surface area (Å²) in [5.41, 5.74) is -0.414. The number of carbonyl (C=O) groups is 3. The Bertz CT molecular complexity index is 575. The first kappa shape index (κ1) is 16.4. The van der Waals surface area contributed by atoms with Crippen LogP contribution in [0.15, 0.2) is 18.2 Å². The van der Waals surface area contributed by atoms with Crippen molar-refractivity contribution in [2.45, 2.75) is 0 Å². The highest BCUT2D eigenvalue weighted by Crippen LogP contribution is 2.15. The number of benzene rings is 1. The van der Waals surface area contributed by atoms with Crippen LogP contribution in [0.25, 0.3) is 0 Å². The maximum Gasteiger partial charge on any atom is 0.338 e. The molecule has 8 heteroatoms. The molecule has 1 aromatic rings. The van der Waals surface area contributed by atoms with Crippen molar-refractivity contribution in [1.29, 1.82) is 0 Å². The van der Waals surface area contributed by atoms with E-state index in [2.05, 4.69) is 5.32 Å². The Hall–Kier alpha value is -2.64. The molecule has 1 aromatic carbocycles. The third-order valence-electron chi connectivity index (χ3n) is 2.67. The zero-order valence-electron chi connectivity index (χ0n) is 11.9. The molecule has 0 spiro atoms. The molecule has 0 aromatic heterocycles. The lowest BCUT2D eigenvalue weighted by atomic mass is 10.2. The van der Waals surface area contributed by atoms with Crippen molar-refractivity contribution in [3.63, 3.8) is 0 Å². The molecule has 114 valence electrons. The highest BCUT2D eigenvalue weighted by molar-refractivity contribution is 5.94. The Kier molecular flexibility index (Phi) is 5.23. The van der Waals surface area contributed by atoms with Gasteiger partial charge in [0, 0.05) is 26.8 Å².